The van der Waals surface area contributed by atoms with Gasteiger partial charge in [-0.3, -0.25) is 0 Å². The second-order valence-corrected chi connectivity index (χ2v) is 4.16. The Morgan fingerprint density at radius 2 is 1.19 bits per heavy atom. The molecule has 0 radical (unpaired) electrons. The van der Waals surface area contributed by atoms with E-state index in [0.717, 1.165) is 0 Å². The van der Waals surface area contributed by atoms with Gasteiger partial charge in [0.25, 0.3) is 0 Å². The van der Waals surface area contributed by atoms with Gasteiger partial charge in [-0.1, -0.05) is 91.3 Å². The minimum Gasteiger partial charge on any atom is -0.0742 e. The van der Waals surface area contributed by atoms with E-state index < -0.39 is 0 Å². The number of hydrogen-bond donors (Lipinski definition) is 0. The molecular formula is C15H17B. The maximum absolute atomic E-state index is 2.25. The van der Waals surface area contributed by atoms with E-state index in [1.165, 1.54) is 23.7 Å². The first kappa shape index (κ1) is 11.0. The molecule has 0 aliphatic heterocycles. The summed E-state index contributed by atoms with van der Waals surface area (Å²) >= 11 is 0. The van der Waals surface area contributed by atoms with Crippen LogP contribution in [0.15, 0.2) is 60.7 Å². The second kappa shape index (κ2) is 5.55. The minimum atomic E-state index is 0.549. The van der Waals surface area contributed by atoms with E-state index >= 15 is 0 Å². The van der Waals surface area contributed by atoms with Gasteiger partial charge < -0.3 is 0 Å². The van der Waals surface area contributed by atoms with Gasteiger partial charge >= 0.3 is 0 Å². The highest BCUT2D eigenvalue weighted by atomic mass is 13.9. The van der Waals surface area contributed by atoms with Crippen LogP contribution in [0.4, 0.5) is 0 Å². The zero-order chi connectivity index (χ0) is 11.2. The van der Waals surface area contributed by atoms with Crippen LogP contribution >= 0.6 is 0 Å². The van der Waals surface area contributed by atoms with Gasteiger partial charge in [0.2, 0.25) is 6.71 Å². The van der Waals surface area contributed by atoms with E-state index in [-0.39, 0.29) is 0 Å². The van der Waals surface area contributed by atoms with Crippen LogP contribution < -0.4 is 10.9 Å². The molecule has 1 heteroatoms. The molecule has 0 bridgehead atoms. The third-order valence-electron chi connectivity index (χ3n) is 2.98. The van der Waals surface area contributed by atoms with Crippen molar-refractivity contribution in [3.8, 4) is 0 Å². The molecule has 0 atom stereocenters. The van der Waals surface area contributed by atoms with Gasteiger partial charge in [0.1, 0.15) is 0 Å². The molecule has 0 heterocycles. The van der Waals surface area contributed by atoms with Crippen LogP contribution in [0.2, 0.25) is 6.32 Å². The van der Waals surface area contributed by atoms with Crippen LogP contribution in [0.25, 0.3) is 0 Å². The zero-order valence-corrected chi connectivity index (χ0v) is 9.77. The average Bonchev–Trinajstić information content (AvgIpc) is 2.38. The first-order valence-corrected chi connectivity index (χ1v) is 6.01. The summed E-state index contributed by atoms with van der Waals surface area (Å²) in [7, 11) is 0. The van der Waals surface area contributed by atoms with Crippen molar-refractivity contribution in [3.05, 3.63) is 60.7 Å². The van der Waals surface area contributed by atoms with Gasteiger partial charge in [0, 0.05) is 0 Å². The zero-order valence-electron chi connectivity index (χ0n) is 9.77. The Hall–Kier alpha value is -1.50. The molecule has 0 amide bonds. The summed E-state index contributed by atoms with van der Waals surface area (Å²) in [6.07, 6.45) is 2.43. The van der Waals surface area contributed by atoms with Crippen molar-refractivity contribution in [2.24, 2.45) is 0 Å². The molecule has 0 fully saturated rings. The van der Waals surface area contributed by atoms with Crippen molar-refractivity contribution in [3.63, 3.8) is 0 Å². The van der Waals surface area contributed by atoms with Crippen molar-refractivity contribution in [1.82, 2.24) is 0 Å². The summed E-state index contributed by atoms with van der Waals surface area (Å²) in [5.41, 5.74) is 2.85. The molecule has 2 aromatic rings. The van der Waals surface area contributed by atoms with Gasteiger partial charge in [-0.15, -0.1) is 0 Å². The second-order valence-electron chi connectivity index (χ2n) is 4.16. The Morgan fingerprint density at radius 1 is 0.750 bits per heavy atom. The van der Waals surface area contributed by atoms with Crippen LogP contribution in [0, 0.1) is 0 Å². The Kier molecular flexibility index (Phi) is 3.82. The summed E-state index contributed by atoms with van der Waals surface area (Å²) in [4.78, 5) is 0. The number of benzene rings is 2. The maximum atomic E-state index is 2.25. The molecule has 0 saturated heterocycles. The van der Waals surface area contributed by atoms with Crippen LogP contribution in [0.3, 0.4) is 0 Å². The largest absolute Gasteiger partial charge is 0.209 e. The molecule has 16 heavy (non-hydrogen) atoms. The van der Waals surface area contributed by atoms with Gasteiger partial charge in [-0.05, 0) is 0 Å². The summed E-state index contributed by atoms with van der Waals surface area (Å²) in [6, 6.07) is 21.6. The molecule has 0 spiro atoms. The van der Waals surface area contributed by atoms with Gasteiger partial charge in [0.05, 0.1) is 0 Å². The van der Waals surface area contributed by atoms with Crippen molar-refractivity contribution >= 4 is 17.6 Å². The molecule has 0 aromatic heterocycles. The molecule has 0 N–H and O–H groups in total. The van der Waals surface area contributed by atoms with E-state index in [9.17, 15) is 0 Å². The SMILES string of the molecule is CCCB(c1ccccc1)c1ccccc1. The fraction of sp³-hybridized carbons (Fsp3) is 0.200. The fourth-order valence-electron chi connectivity index (χ4n) is 2.19. The van der Waals surface area contributed by atoms with Gasteiger partial charge in [-0.25, -0.2) is 0 Å². The highest BCUT2D eigenvalue weighted by Crippen LogP contribution is 2.00. The minimum absolute atomic E-state index is 0.549. The summed E-state index contributed by atoms with van der Waals surface area (Å²) in [5, 5.41) is 0. The van der Waals surface area contributed by atoms with Crippen molar-refractivity contribution in [2.45, 2.75) is 19.7 Å². The molecule has 0 aliphatic carbocycles. The van der Waals surface area contributed by atoms with Crippen LogP contribution in [0.1, 0.15) is 13.3 Å². The summed E-state index contributed by atoms with van der Waals surface area (Å²) in [6.45, 7) is 2.80. The van der Waals surface area contributed by atoms with Crippen LogP contribution in [0.5, 0.6) is 0 Å². The predicted molar refractivity (Wildman–Crippen MR) is 73.0 cm³/mol. The molecule has 0 nitrogen and oxygen atoms in total. The third-order valence-corrected chi connectivity index (χ3v) is 2.98. The average molecular weight is 208 g/mol. The molecule has 0 saturated carbocycles. The van der Waals surface area contributed by atoms with Crippen molar-refractivity contribution in [2.75, 3.05) is 0 Å². The Labute approximate surface area is 98.4 Å². The Bertz CT molecular complexity index is 368. The first-order chi connectivity index (χ1) is 7.92. The van der Waals surface area contributed by atoms with E-state index in [1.54, 1.807) is 0 Å². The van der Waals surface area contributed by atoms with Crippen LogP contribution in [-0.2, 0) is 0 Å². The predicted octanol–water partition coefficient (Wildman–Crippen LogP) is 2.71. The standard InChI is InChI=1S/C15H17B/c1-2-13-16(14-9-5-3-6-10-14)15-11-7-4-8-12-15/h3-12H,2,13H2,1H3. The highest BCUT2D eigenvalue weighted by molar-refractivity contribution is 6.85. The van der Waals surface area contributed by atoms with E-state index in [4.69, 9.17) is 0 Å². The van der Waals surface area contributed by atoms with E-state index in [1.807, 2.05) is 0 Å². The Morgan fingerprint density at radius 3 is 1.56 bits per heavy atom. The number of hydrogen-bond acceptors (Lipinski definition) is 0. The number of rotatable bonds is 4. The lowest BCUT2D eigenvalue weighted by Gasteiger charge is -2.13. The summed E-state index contributed by atoms with van der Waals surface area (Å²) < 4.78 is 0. The van der Waals surface area contributed by atoms with Crippen LogP contribution in [-0.4, -0.2) is 6.71 Å². The van der Waals surface area contributed by atoms with Crippen molar-refractivity contribution in [1.29, 1.82) is 0 Å². The van der Waals surface area contributed by atoms with Gasteiger partial charge in [0.15, 0.2) is 0 Å². The Balaban J connectivity index is 2.31. The molecule has 0 unspecified atom stereocenters. The molecule has 2 rings (SSSR count). The van der Waals surface area contributed by atoms with E-state index in [0.29, 0.717) is 6.71 Å². The molecule has 80 valence electrons. The lowest BCUT2D eigenvalue weighted by Crippen LogP contribution is -2.41. The van der Waals surface area contributed by atoms with Crippen molar-refractivity contribution < 1.29 is 0 Å². The highest BCUT2D eigenvalue weighted by Gasteiger charge is 2.16. The van der Waals surface area contributed by atoms with E-state index in [2.05, 4.69) is 67.6 Å². The fourth-order valence-corrected chi connectivity index (χ4v) is 2.19. The lowest BCUT2D eigenvalue weighted by atomic mass is 9.38. The summed E-state index contributed by atoms with van der Waals surface area (Å²) in [5.74, 6) is 0. The molecule has 2 aromatic carbocycles. The topological polar surface area (TPSA) is 0 Å². The molecular weight excluding hydrogens is 191 g/mol. The molecule has 0 aliphatic rings. The third kappa shape index (κ3) is 2.54. The first-order valence-electron chi connectivity index (χ1n) is 6.01. The quantitative estimate of drug-likeness (QED) is 0.677. The van der Waals surface area contributed by atoms with Gasteiger partial charge in [-0.2, -0.15) is 0 Å². The monoisotopic (exact) mass is 208 g/mol. The maximum Gasteiger partial charge on any atom is 0.209 e. The lowest BCUT2D eigenvalue weighted by molar-refractivity contribution is 1.07. The smallest absolute Gasteiger partial charge is 0.0742 e. The normalized spacial score (nSPS) is 10.1.